The number of anilines is 1. The molecule has 7 nitrogen and oxygen atoms in total. The van der Waals surface area contributed by atoms with Gasteiger partial charge in [0.1, 0.15) is 6.04 Å². The van der Waals surface area contributed by atoms with Crippen molar-refractivity contribution in [1.82, 2.24) is 10.2 Å². The predicted octanol–water partition coefficient (Wildman–Crippen LogP) is 1.61. The molecule has 3 aromatic rings. The van der Waals surface area contributed by atoms with Crippen LogP contribution in [0.4, 0.5) is 5.69 Å². The Bertz CT molecular complexity index is 1280. The molecule has 7 heteroatoms. The molecule has 2 N–H and O–H groups in total. The quantitative estimate of drug-likeness (QED) is 0.624. The van der Waals surface area contributed by atoms with Crippen molar-refractivity contribution in [3.63, 3.8) is 0 Å². The first-order valence-electron chi connectivity index (χ1n) is 10.4. The van der Waals surface area contributed by atoms with Crippen molar-refractivity contribution in [2.24, 2.45) is 0 Å². The molecular weight excluding hydrogens is 406 g/mol. The van der Waals surface area contributed by atoms with Crippen molar-refractivity contribution in [3.8, 4) is 0 Å². The van der Waals surface area contributed by atoms with Gasteiger partial charge in [-0.2, -0.15) is 0 Å². The van der Waals surface area contributed by atoms with Crippen LogP contribution in [-0.2, 0) is 32.2 Å². The molecule has 0 radical (unpaired) electrons. The van der Waals surface area contributed by atoms with Gasteiger partial charge in [-0.1, -0.05) is 78.9 Å². The van der Waals surface area contributed by atoms with Gasteiger partial charge in [-0.3, -0.25) is 19.3 Å². The molecule has 2 saturated heterocycles. The third kappa shape index (κ3) is 2.06. The van der Waals surface area contributed by atoms with E-state index in [-0.39, 0.29) is 6.54 Å². The van der Waals surface area contributed by atoms with Crippen molar-refractivity contribution < 1.29 is 19.5 Å². The lowest BCUT2D eigenvalue weighted by Gasteiger charge is -2.50. The molecule has 0 saturated carbocycles. The van der Waals surface area contributed by atoms with Gasteiger partial charge in [0.25, 0.3) is 0 Å². The second-order valence-corrected chi connectivity index (χ2v) is 8.31. The van der Waals surface area contributed by atoms with Crippen LogP contribution in [0.5, 0.6) is 0 Å². The summed E-state index contributed by atoms with van der Waals surface area (Å²) in [6, 6.07) is 23.9. The van der Waals surface area contributed by atoms with Gasteiger partial charge in [-0.25, -0.2) is 0 Å². The van der Waals surface area contributed by atoms with E-state index in [2.05, 4.69) is 5.32 Å². The summed E-state index contributed by atoms with van der Waals surface area (Å²) >= 11 is 0. The van der Waals surface area contributed by atoms with Crippen LogP contribution in [-0.4, -0.2) is 33.8 Å². The van der Waals surface area contributed by atoms with Crippen LogP contribution in [0.2, 0.25) is 0 Å². The molecule has 3 amide bonds. The molecule has 3 atom stereocenters. The van der Waals surface area contributed by atoms with E-state index in [0.29, 0.717) is 16.8 Å². The number of para-hydroxylation sites is 1. The Balaban J connectivity index is 1.65. The van der Waals surface area contributed by atoms with Crippen molar-refractivity contribution in [2.75, 3.05) is 4.90 Å². The van der Waals surface area contributed by atoms with E-state index >= 15 is 0 Å². The number of benzene rings is 3. The number of nitrogens with one attached hydrogen (secondary N) is 1. The minimum atomic E-state index is -1.89. The Labute approximate surface area is 183 Å². The van der Waals surface area contributed by atoms with Crippen LogP contribution < -0.4 is 10.2 Å². The molecule has 3 aliphatic rings. The summed E-state index contributed by atoms with van der Waals surface area (Å²) in [5, 5.41) is 14.8. The predicted molar refractivity (Wildman–Crippen MR) is 115 cm³/mol. The second-order valence-electron chi connectivity index (χ2n) is 8.31. The average molecular weight is 425 g/mol. The molecule has 0 unspecified atom stereocenters. The van der Waals surface area contributed by atoms with E-state index in [1.807, 2.05) is 36.4 Å². The summed E-state index contributed by atoms with van der Waals surface area (Å²) in [7, 11) is 0. The number of nitrogens with zero attached hydrogens (tertiary/aromatic N) is 2. The molecule has 3 aromatic carbocycles. The highest BCUT2D eigenvalue weighted by atomic mass is 16.3. The zero-order valence-electron chi connectivity index (χ0n) is 16.9. The van der Waals surface area contributed by atoms with Crippen LogP contribution in [0.3, 0.4) is 0 Å². The van der Waals surface area contributed by atoms with E-state index in [1.54, 1.807) is 48.5 Å². The Morgan fingerprint density at radius 1 is 0.812 bits per heavy atom. The minimum absolute atomic E-state index is 0.0678. The van der Waals surface area contributed by atoms with Gasteiger partial charge in [-0.15, -0.1) is 0 Å². The number of carbonyl (C=O) groups excluding carboxylic acids is 3. The lowest BCUT2D eigenvalue weighted by Crippen LogP contribution is -2.72. The molecular formula is C25H19N3O4. The van der Waals surface area contributed by atoms with Crippen molar-refractivity contribution >= 4 is 23.4 Å². The molecule has 6 rings (SSSR count). The third-order valence-corrected chi connectivity index (χ3v) is 6.76. The standard InChI is InChI=1S/C25H19N3O4/c29-21-20-24(17-11-5-2-6-12-17)25(32,26-21)18-13-7-8-14-19(18)28(24)23(31)22(30)27(20)15-16-9-3-1-4-10-16/h1-14,20,32H,15H2,(H,26,29)/t20-,24-,25+/m0/s1. The summed E-state index contributed by atoms with van der Waals surface area (Å²) in [5.41, 5.74) is -1.26. The van der Waals surface area contributed by atoms with Crippen LogP contribution in [0.1, 0.15) is 16.7 Å². The number of piperazine rings is 1. The van der Waals surface area contributed by atoms with Crippen LogP contribution in [0, 0.1) is 0 Å². The summed E-state index contributed by atoms with van der Waals surface area (Å²) in [5.74, 6) is -2.06. The number of amides is 3. The molecule has 158 valence electrons. The number of hydrogen-bond donors (Lipinski definition) is 2. The van der Waals surface area contributed by atoms with E-state index in [0.717, 1.165) is 5.56 Å². The number of fused-ring (bicyclic) bond motifs is 3. The molecule has 32 heavy (non-hydrogen) atoms. The molecule has 0 aliphatic carbocycles. The van der Waals surface area contributed by atoms with Gasteiger partial charge in [0.2, 0.25) is 5.91 Å². The van der Waals surface area contributed by atoms with Gasteiger partial charge >= 0.3 is 11.8 Å². The summed E-state index contributed by atoms with van der Waals surface area (Å²) < 4.78 is 0. The summed E-state index contributed by atoms with van der Waals surface area (Å²) in [6.07, 6.45) is 0. The van der Waals surface area contributed by atoms with Gasteiger partial charge in [0.15, 0.2) is 11.3 Å². The first kappa shape index (κ1) is 18.8. The molecule has 3 aliphatic heterocycles. The fourth-order valence-electron chi connectivity index (χ4n) is 5.55. The first-order valence-corrected chi connectivity index (χ1v) is 10.4. The van der Waals surface area contributed by atoms with E-state index in [9.17, 15) is 19.5 Å². The number of aliphatic hydroxyl groups is 1. The smallest absolute Gasteiger partial charge is 0.317 e. The van der Waals surface area contributed by atoms with Crippen LogP contribution in [0.15, 0.2) is 84.9 Å². The fourth-order valence-corrected chi connectivity index (χ4v) is 5.55. The molecule has 0 spiro atoms. The zero-order valence-corrected chi connectivity index (χ0v) is 16.9. The van der Waals surface area contributed by atoms with Gasteiger partial charge in [0, 0.05) is 12.1 Å². The Kier molecular flexibility index (Phi) is 3.68. The van der Waals surface area contributed by atoms with E-state index < -0.39 is 35.0 Å². The Morgan fingerprint density at radius 2 is 1.44 bits per heavy atom. The molecule has 2 fully saturated rings. The normalized spacial score (nSPS) is 27.9. The Morgan fingerprint density at radius 3 is 2.16 bits per heavy atom. The minimum Gasteiger partial charge on any atom is -0.365 e. The highest BCUT2D eigenvalue weighted by molar-refractivity contribution is 6.43. The van der Waals surface area contributed by atoms with Crippen LogP contribution in [0.25, 0.3) is 0 Å². The maximum atomic E-state index is 13.6. The van der Waals surface area contributed by atoms with E-state index in [4.69, 9.17) is 0 Å². The Hall–Kier alpha value is -3.97. The highest BCUT2D eigenvalue weighted by Gasteiger charge is 2.78. The summed E-state index contributed by atoms with van der Waals surface area (Å²) in [6.45, 7) is 0.0678. The zero-order chi connectivity index (χ0) is 22.1. The van der Waals surface area contributed by atoms with Crippen molar-refractivity contribution in [3.05, 3.63) is 102 Å². The topological polar surface area (TPSA) is 90.0 Å². The number of carbonyl (C=O) groups is 3. The second kappa shape index (κ2) is 6.27. The summed E-state index contributed by atoms with van der Waals surface area (Å²) in [4.78, 5) is 43.0. The molecule has 0 aromatic heterocycles. The number of hydrogen-bond acceptors (Lipinski definition) is 4. The molecule has 3 heterocycles. The number of rotatable bonds is 3. The maximum absolute atomic E-state index is 13.6. The van der Waals surface area contributed by atoms with Crippen molar-refractivity contribution in [2.45, 2.75) is 23.9 Å². The van der Waals surface area contributed by atoms with Crippen molar-refractivity contribution in [1.29, 1.82) is 0 Å². The largest absolute Gasteiger partial charge is 0.365 e. The van der Waals surface area contributed by atoms with Gasteiger partial charge in [0.05, 0.1) is 5.69 Å². The van der Waals surface area contributed by atoms with E-state index in [1.165, 1.54) is 9.80 Å². The SMILES string of the molecule is O=C1N[C@@]2(O)c3ccccc3N3C(=O)C(=O)N(Cc4ccccc4)[C@@H]1[C@]32c1ccccc1. The highest BCUT2D eigenvalue weighted by Crippen LogP contribution is 2.61. The fraction of sp³-hybridized carbons (Fsp3) is 0.160. The molecule has 0 bridgehead atoms. The lowest BCUT2D eigenvalue weighted by molar-refractivity contribution is -0.157. The first-order chi connectivity index (χ1) is 15.5. The van der Waals surface area contributed by atoms with Gasteiger partial charge in [-0.05, 0) is 17.2 Å². The van der Waals surface area contributed by atoms with Crippen LogP contribution >= 0.6 is 0 Å². The lowest BCUT2D eigenvalue weighted by atomic mass is 9.74. The third-order valence-electron chi connectivity index (χ3n) is 6.76. The maximum Gasteiger partial charge on any atom is 0.317 e. The van der Waals surface area contributed by atoms with Gasteiger partial charge < -0.3 is 15.3 Å². The average Bonchev–Trinajstić information content (AvgIpc) is 3.19. The monoisotopic (exact) mass is 425 g/mol.